The quantitative estimate of drug-likeness (QED) is 0.631. The lowest BCUT2D eigenvalue weighted by atomic mass is 10.0. The van der Waals surface area contributed by atoms with Gasteiger partial charge in [-0.05, 0) is 24.6 Å². The van der Waals surface area contributed by atoms with Crippen LogP contribution in [0.15, 0.2) is 63.6 Å². The molecule has 5 nitrogen and oxygen atoms in total. The summed E-state index contributed by atoms with van der Waals surface area (Å²) in [7, 11) is -3.51. The topological polar surface area (TPSA) is 80.4 Å². The van der Waals surface area contributed by atoms with Crippen LogP contribution in [0, 0.1) is 6.92 Å². The fraction of sp³-hybridized carbons (Fsp3) is 0.211. The number of hydrogen-bond donors (Lipinski definition) is 1. The van der Waals surface area contributed by atoms with E-state index in [1.807, 2.05) is 30.3 Å². The van der Waals surface area contributed by atoms with Gasteiger partial charge in [-0.3, -0.25) is 0 Å². The highest BCUT2D eigenvalue weighted by Gasteiger charge is 2.27. The van der Waals surface area contributed by atoms with Crippen LogP contribution in [0.3, 0.4) is 0 Å². The van der Waals surface area contributed by atoms with Gasteiger partial charge < -0.3 is 9.63 Å². The van der Waals surface area contributed by atoms with Gasteiger partial charge in [0.15, 0.2) is 15.6 Å². The smallest absolute Gasteiger partial charge is 0.172 e. The first-order valence-corrected chi connectivity index (χ1v) is 10.6. The molecule has 0 amide bonds. The third-order valence-electron chi connectivity index (χ3n) is 3.99. The van der Waals surface area contributed by atoms with Gasteiger partial charge in [-0.25, -0.2) is 8.42 Å². The van der Waals surface area contributed by atoms with Gasteiger partial charge in [0.2, 0.25) is 0 Å². The van der Waals surface area contributed by atoms with E-state index < -0.39 is 21.7 Å². The molecule has 0 fully saturated rings. The Kier molecular flexibility index (Phi) is 5.60. The SMILES string of the molecule is Cc1noc(-c2ccc(Br)cc2)c1C(O)CS(=O)(=O)Cc1ccccc1. The third-order valence-corrected chi connectivity index (χ3v) is 6.11. The third kappa shape index (κ3) is 4.41. The molecular formula is C19H18BrNO4S. The van der Waals surface area contributed by atoms with E-state index in [1.165, 1.54) is 0 Å². The van der Waals surface area contributed by atoms with E-state index in [9.17, 15) is 13.5 Å². The van der Waals surface area contributed by atoms with E-state index >= 15 is 0 Å². The molecular weight excluding hydrogens is 418 g/mol. The van der Waals surface area contributed by atoms with Crippen molar-refractivity contribution in [2.45, 2.75) is 18.8 Å². The summed E-state index contributed by atoms with van der Waals surface area (Å²) in [6.07, 6.45) is -1.21. The summed E-state index contributed by atoms with van der Waals surface area (Å²) in [4.78, 5) is 0. The maximum atomic E-state index is 12.5. The summed E-state index contributed by atoms with van der Waals surface area (Å²) in [5.41, 5.74) is 2.30. The fourth-order valence-corrected chi connectivity index (χ4v) is 4.52. The maximum absolute atomic E-state index is 12.5. The minimum atomic E-state index is -3.51. The summed E-state index contributed by atoms with van der Waals surface area (Å²) >= 11 is 3.37. The lowest BCUT2D eigenvalue weighted by Crippen LogP contribution is -2.17. The van der Waals surface area contributed by atoms with Crippen LogP contribution in [-0.4, -0.2) is 24.4 Å². The largest absolute Gasteiger partial charge is 0.387 e. The van der Waals surface area contributed by atoms with E-state index in [0.717, 1.165) is 10.0 Å². The molecule has 0 saturated carbocycles. The zero-order valence-corrected chi connectivity index (χ0v) is 16.5. The monoisotopic (exact) mass is 435 g/mol. The number of rotatable bonds is 6. The zero-order valence-electron chi connectivity index (χ0n) is 14.1. The Balaban J connectivity index is 1.85. The first kappa shape index (κ1) is 18.8. The maximum Gasteiger partial charge on any atom is 0.172 e. The molecule has 0 aliphatic carbocycles. The normalized spacial score (nSPS) is 12.9. The highest BCUT2D eigenvalue weighted by molar-refractivity contribution is 9.10. The molecule has 136 valence electrons. The first-order chi connectivity index (χ1) is 12.4. The number of aliphatic hydroxyl groups excluding tert-OH is 1. The van der Waals surface area contributed by atoms with Crippen LogP contribution in [0.1, 0.15) is 22.9 Å². The van der Waals surface area contributed by atoms with Crippen LogP contribution >= 0.6 is 15.9 Å². The molecule has 1 atom stereocenters. The van der Waals surface area contributed by atoms with Crippen molar-refractivity contribution in [3.63, 3.8) is 0 Å². The van der Waals surface area contributed by atoms with Gasteiger partial charge >= 0.3 is 0 Å². The number of sulfone groups is 1. The summed E-state index contributed by atoms with van der Waals surface area (Å²) < 4.78 is 31.2. The molecule has 1 aromatic heterocycles. The molecule has 0 aliphatic rings. The van der Waals surface area contributed by atoms with Gasteiger partial charge in [0.05, 0.1) is 28.9 Å². The second-order valence-corrected chi connectivity index (χ2v) is 9.10. The lowest BCUT2D eigenvalue weighted by Gasteiger charge is -2.12. The van der Waals surface area contributed by atoms with Crippen LogP contribution in [0.4, 0.5) is 0 Å². The Labute approximate surface area is 160 Å². The summed E-state index contributed by atoms with van der Waals surface area (Å²) in [5.74, 6) is -0.131. The van der Waals surface area contributed by atoms with Crippen LogP contribution < -0.4 is 0 Å². The molecule has 1 N–H and O–H groups in total. The van der Waals surface area contributed by atoms with E-state index in [1.54, 1.807) is 31.2 Å². The molecule has 0 spiro atoms. The molecule has 0 aliphatic heterocycles. The van der Waals surface area contributed by atoms with E-state index in [4.69, 9.17) is 4.52 Å². The standard InChI is InChI=1S/C19H18BrNO4S/c1-13-18(19(25-21-13)15-7-9-16(20)10-8-15)17(22)12-26(23,24)11-14-5-3-2-4-6-14/h2-10,17,22H,11-12H2,1H3. The second kappa shape index (κ2) is 7.73. The van der Waals surface area contributed by atoms with Crippen molar-refractivity contribution in [3.8, 4) is 11.3 Å². The Morgan fingerprint density at radius 1 is 1.12 bits per heavy atom. The van der Waals surface area contributed by atoms with Gasteiger partial charge in [-0.15, -0.1) is 0 Å². The van der Waals surface area contributed by atoms with E-state index in [2.05, 4.69) is 21.1 Å². The van der Waals surface area contributed by atoms with Crippen LogP contribution in [0.2, 0.25) is 0 Å². The molecule has 3 aromatic rings. The highest BCUT2D eigenvalue weighted by atomic mass is 79.9. The van der Waals surface area contributed by atoms with Crippen molar-refractivity contribution in [2.75, 3.05) is 5.75 Å². The molecule has 1 unspecified atom stereocenters. The number of halogens is 1. The van der Waals surface area contributed by atoms with Gasteiger partial charge in [0, 0.05) is 10.0 Å². The molecule has 2 aromatic carbocycles. The second-order valence-electron chi connectivity index (χ2n) is 6.07. The molecule has 0 radical (unpaired) electrons. The molecule has 0 saturated heterocycles. The average molecular weight is 436 g/mol. The van der Waals surface area contributed by atoms with Crippen LogP contribution in [0.5, 0.6) is 0 Å². The van der Waals surface area contributed by atoms with Crippen molar-refractivity contribution >= 4 is 25.8 Å². The summed E-state index contributed by atoms with van der Waals surface area (Å²) in [5, 5.41) is 14.5. The minimum absolute atomic E-state index is 0.122. The van der Waals surface area contributed by atoms with Crippen LogP contribution in [-0.2, 0) is 15.6 Å². The zero-order chi connectivity index (χ0) is 18.7. The Morgan fingerprint density at radius 2 is 1.77 bits per heavy atom. The van der Waals surface area contributed by atoms with E-state index in [0.29, 0.717) is 22.6 Å². The van der Waals surface area contributed by atoms with Crippen molar-refractivity contribution < 1.29 is 18.0 Å². The number of nitrogens with zero attached hydrogens (tertiary/aromatic N) is 1. The van der Waals surface area contributed by atoms with Crippen molar-refractivity contribution in [1.29, 1.82) is 0 Å². The Morgan fingerprint density at radius 3 is 2.42 bits per heavy atom. The average Bonchev–Trinajstić information content (AvgIpc) is 2.97. The number of aliphatic hydroxyl groups is 1. The minimum Gasteiger partial charge on any atom is -0.387 e. The molecule has 0 bridgehead atoms. The number of aromatic nitrogens is 1. The molecule has 1 heterocycles. The predicted octanol–water partition coefficient (Wildman–Crippen LogP) is 4.06. The van der Waals surface area contributed by atoms with Crippen molar-refractivity contribution in [3.05, 3.63) is 75.9 Å². The summed E-state index contributed by atoms with van der Waals surface area (Å²) in [6, 6.07) is 16.2. The molecule has 7 heteroatoms. The van der Waals surface area contributed by atoms with Gasteiger partial charge in [-0.1, -0.05) is 63.6 Å². The summed E-state index contributed by atoms with van der Waals surface area (Å²) in [6.45, 7) is 1.69. The predicted molar refractivity (Wildman–Crippen MR) is 103 cm³/mol. The Bertz CT molecular complexity index is 982. The fourth-order valence-electron chi connectivity index (χ4n) is 2.79. The molecule has 26 heavy (non-hydrogen) atoms. The van der Waals surface area contributed by atoms with Gasteiger partial charge in [-0.2, -0.15) is 0 Å². The van der Waals surface area contributed by atoms with E-state index in [-0.39, 0.29) is 5.75 Å². The van der Waals surface area contributed by atoms with Crippen LogP contribution in [0.25, 0.3) is 11.3 Å². The van der Waals surface area contributed by atoms with Crippen molar-refractivity contribution in [2.24, 2.45) is 0 Å². The number of benzene rings is 2. The van der Waals surface area contributed by atoms with Gasteiger partial charge in [0.25, 0.3) is 0 Å². The number of hydrogen-bond acceptors (Lipinski definition) is 5. The highest BCUT2D eigenvalue weighted by Crippen LogP contribution is 2.32. The van der Waals surface area contributed by atoms with Gasteiger partial charge in [0.1, 0.15) is 0 Å². The lowest BCUT2D eigenvalue weighted by molar-refractivity contribution is 0.201. The molecule has 3 rings (SSSR count). The Hall–Kier alpha value is -1.96. The number of aryl methyl sites for hydroxylation is 1. The first-order valence-electron chi connectivity index (χ1n) is 8.00. The van der Waals surface area contributed by atoms with Crippen molar-refractivity contribution in [1.82, 2.24) is 5.16 Å².